The van der Waals surface area contributed by atoms with Crippen LogP contribution in [0, 0.1) is 0 Å². The Morgan fingerprint density at radius 3 is 2.94 bits per heavy atom. The Kier molecular flexibility index (Phi) is 4.50. The van der Waals surface area contributed by atoms with Gasteiger partial charge in [-0.2, -0.15) is 0 Å². The molecular weight excluding hydrogens is 246 g/mol. The van der Waals surface area contributed by atoms with E-state index in [0.717, 1.165) is 16.1 Å². The number of amides is 1. The van der Waals surface area contributed by atoms with E-state index in [1.54, 1.807) is 18.4 Å². The van der Waals surface area contributed by atoms with Gasteiger partial charge in [0.05, 0.1) is 13.0 Å². The number of benzene rings is 1. The van der Waals surface area contributed by atoms with Gasteiger partial charge in [0.25, 0.3) is 0 Å². The van der Waals surface area contributed by atoms with Crippen LogP contribution in [-0.2, 0) is 22.6 Å². The largest absolute Gasteiger partial charge is 0.380 e. The Balaban J connectivity index is 1.96. The summed E-state index contributed by atoms with van der Waals surface area (Å²) in [5.41, 5.74) is 1.86. The number of hydrogen-bond acceptors (Lipinski definition) is 3. The maximum Gasteiger partial charge on any atom is 0.229 e. The summed E-state index contributed by atoms with van der Waals surface area (Å²) in [5, 5.41) is 4.87. The molecule has 0 aliphatic carbocycles. The topological polar surface area (TPSA) is 38.3 Å². The molecule has 0 spiro atoms. The first kappa shape index (κ1) is 12.8. The number of rotatable bonds is 5. The van der Waals surface area contributed by atoms with Crippen LogP contribution >= 0.6 is 11.3 Å². The number of carbonyl (C=O) groups excluding carboxylic acids is 1. The van der Waals surface area contributed by atoms with Crippen molar-refractivity contribution in [2.75, 3.05) is 12.4 Å². The van der Waals surface area contributed by atoms with Crippen molar-refractivity contribution in [2.24, 2.45) is 0 Å². The third kappa shape index (κ3) is 3.68. The Bertz CT molecular complexity index is 508. The monoisotopic (exact) mass is 261 g/mol. The third-order valence-corrected chi connectivity index (χ3v) is 3.31. The summed E-state index contributed by atoms with van der Waals surface area (Å²) in [6.45, 7) is 0.550. The molecule has 0 atom stereocenters. The van der Waals surface area contributed by atoms with Crippen molar-refractivity contribution in [3.8, 4) is 0 Å². The van der Waals surface area contributed by atoms with Crippen molar-refractivity contribution in [3.05, 3.63) is 52.2 Å². The number of hydrogen-bond donors (Lipinski definition) is 1. The maximum atomic E-state index is 11.8. The minimum atomic E-state index is 0.00650. The molecule has 0 radical (unpaired) electrons. The second kappa shape index (κ2) is 6.33. The molecule has 0 fully saturated rings. The smallest absolute Gasteiger partial charge is 0.229 e. The van der Waals surface area contributed by atoms with Gasteiger partial charge in [0.2, 0.25) is 5.91 Å². The van der Waals surface area contributed by atoms with Gasteiger partial charge in [-0.25, -0.2) is 0 Å². The molecule has 2 aromatic rings. The maximum absolute atomic E-state index is 11.8. The van der Waals surface area contributed by atoms with Gasteiger partial charge in [-0.05, 0) is 29.1 Å². The fourth-order valence-corrected chi connectivity index (χ4v) is 2.39. The highest BCUT2D eigenvalue weighted by Gasteiger charge is 2.05. The van der Waals surface area contributed by atoms with E-state index < -0.39 is 0 Å². The second-order valence-electron chi connectivity index (χ2n) is 3.94. The second-order valence-corrected chi connectivity index (χ2v) is 4.97. The van der Waals surface area contributed by atoms with Gasteiger partial charge in [0, 0.05) is 17.7 Å². The molecule has 1 amide bonds. The van der Waals surface area contributed by atoms with Crippen LogP contribution < -0.4 is 5.32 Å². The molecule has 1 N–H and O–H groups in total. The van der Waals surface area contributed by atoms with Crippen molar-refractivity contribution in [3.63, 3.8) is 0 Å². The van der Waals surface area contributed by atoms with Crippen molar-refractivity contribution in [1.82, 2.24) is 0 Å². The highest BCUT2D eigenvalue weighted by Crippen LogP contribution is 2.13. The van der Waals surface area contributed by atoms with Gasteiger partial charge in [-0.3, -0.25) is 4.79 Å². The van der Waals surface area contributed by atoms with E-state index in [4.69, 9.17) is 4.74 Å². The number of ether oxygens (including phenoxy) is 1. The number of carbonyl (C=O) groups is 1. The van der Waals surface area contributed by atoms with Crippen LogP contribution in [0.4, 0.5) is 5.69 Å². The van der Waals surface area contributed by atoms with Gasteiger partial charge in [-0.15, -0.1) is 11.3 Å². The van der Waals surface area contributed by atoms with Crippen LogP contribution in [0.1, 0.15) is 10.4 Å². The van der Waals surface area contributed by atoms with Crippen LogP contribution in [-0.4, -0.2) is 13.0 Å². The van der Waals surface area contributed by atoms with Gasteiger partial charge in [-0.1, -0.05) is 18.2 Å². The first-order valence-corrected chi connectivity index (χ1v) is 6.56. The average molecular weight is 261 g/mol. The molecule has 94 valence electrons. The fourth-order valence-electron chi connectivity index (χ4n) is 1.68. The predicted molar refractivity (Wildman–Crippen MR) is 73.8 cm³/mol. The summed E-state index contributed by atoms with van der Waals surface area (Å²) in [7, 11) is 1.65. The fraction of sp³-hybridized carbons (Fsp3) is 0.214. The van der Waals surface area contributed by atoms with E-state index in [-0.39, 0.29) is 5.91 Å². The van der Waals surface area contributed by atoms with Crippen LogP contribution in [0.3, 0.4) is 0 Å². The molecule has 18 heavy (non-hydrogen) atoms. The Morgan fingerprint density at radius 1 is 1.33 bits per heavy atom. The molecule has 1 aromatic carbocycles. The Hall–Kier alpha value is -1.65. The molecule has 0 aliphatic rings. The van der Waals surface area contributed by atoms with Crippen molar-refractivity contribution < 1.29 is 9.53 Å². The molecule has 0 aliphatic heterocycles. The zero-order valence-electron chi connectivity index (χ0n) is 10.2. The Labute approximate surface area is 110 Å². The lowest BCUT2D eigenvalue weighted by Gasteiger charge is -2.06. The molecule has 2 rings (SSSR count). The highest BCUT2D eigenvalue weighted by molar-refractivity contribution is 7.10. The van der Waals surface area contributed by atoms with Crippen molar-refractivity contribution in [2.45, 2.75) is 13.0 Å². The van der Waals surface area contributed by atoms with Crippen LogP contribution in [0.5, 0.6) is 0 Å². The first-order valence-electron chi connectivity index (χ1n) is 5.68. The SMILES string of the molecule is COCc1cccc(NC(=O)Cc2cccs2)c1. The summed E-state index contributed by atoms with van der Waals surface area (Å²) in [6, 6.07) is 11.6. The minimum Gasteiger partial charge on any atom is -0.380 e. The summed E-state index contributed by atoms with van der Waals surface area (Å²) < 4.78 is 5.06. The molecule has 0 saturated carbocycles. The number of anilines is 1. The molecule has 0 bridgehead atoms. The van der Waals surface area contributed by atoms with E-state index in [1.165, 1.54) is 0 Å². The molecule has 0 saturated heterocycles. The summed E-state index contributed by atoms with van der Waals surface area (Å²) in [5.74, 6) is 0.00650. The van der Waals surface area contributed by atoms with Gasteiger partial charge < -0.3 is 10.1 Å². The zero-order chi connectivity index (χ0) is 12.8. The number of thiophene rings is 1. The summed E-state index contributed by atoms with van der Waals surface area (Å²) in [6.07, 6.45) is 0.423. The average Bonchev–Trinajstić information content (AvgIpc) is 2.82. The molecule has 1 heterocycles. The number of methoxy groups -OCH3 is 1. The number of nitrogens with one attached hydrogen (secondary N) is 1. The molecule has 3 nitrogen and oxygen atoms in total. The predicted octanol–water partition coefficient (Wildman–Crippen LogP) is 3.08. The van der Waals surface area contributed by atoms with E-state index >= 15 is 0 Å². The lowest BCUT2D eigenvalue weighted by molar-refractivity contribution is -0.115. The minimum absolute atomic E-state index is 0.00650. The third-order valence-electron chi connectivity index (χ3n) is 2.44. The van der Waals surface area contributed by atoms with Gasteiger partial charge >= 0.3 is 0 Å². The van der Waals surface area contributed by atoms with Crippen LogP contribution in [0.25, 0.3) is 0 Å². The van der Waals surface area contributed by atoms with Gasteiger partial charge in [0.15, 0.2) is 0 Å². The van der Waals surface area contributed by atoms with E-state index in [9.17, 15) is 4.79 Å². The summed E-state index contributed by atoms with van der Waals surface area (Å²) in [4.78, 5) is 12.9. The normalized spacial score (nSPS) is 10.3. The molecule has 1 aromatic heterocycles. The molecular formula is C14H15NO2S. The molecule has 4 heteroatoms. The van der Waals surface area contributed by atoms with Crippen molar-refractivity contribution >= 4 is 22.9 Å². The Morgan fingerprint density at radius 2 is 2.22 bits per heavy atom. The van der Waals surface area contributed by atoms with Gasteiger partial charge in [0.1, 0.15) is 0 Å². The summed E-state index contributed by atoms with van der Waals surface area (Å²) >= 11 is 1.59. The lowest BCUT2D eigenvalue weighted by atomic mass is 10.2. The first-order chi connectivity index (χ1) is 8.78. The van der Waals surface area contributed by atoms with Crippen LogP contribution in [0.2, 0.25) is 0 Å². The van der Waals surface area contributed by atoms with E-state index in [2.05, 4.69) is 5.32 Å². The highest BCUT2D eigenvalue weighted by atomic mass is 32.1. The molecule has 0 unspecified atom stereocenters. The van der Waals surface area contributed by atoms with Crippen molar-refractivity contribution in [1.29, 1.82) is 0 Å². The van der Waals surface area contributed by atoms with E-state index in [1.807, 2.05) is 41.8 Å². The standard InChI is InChI=1S/C14H15NO2S/c1-17-10-11-4-2-5-12(8-11)15-14(16)9-13-6-3-7-18-13/h2-8H,9-10H2,1H3,(H,15,16). The zero-order valence-corrected chi connectivity index (χ0v) is 11.0. The lowest BCUT2D eigenvalue weighted by Crippen LogP contribution is -2.13. The van der Waals surface area contributed by atoms with Crippen LogP contribution in [0.15, 0.2) is 41.8 Å². The van der Waals surface area contributed by atoms with E-state index in [0.29, 0.717) is 13.0 Å². The quantitative estimate of drug-likeness (QED) is 0.898.